The molecule has 3 rings (SSSR count). The van der Waals surface area contributed by atoms with Crippen molar-refractivity contribution in [1.29, 1.82) is 0 Å². The van der Waals surface area contributed by atoms with Crippen molar-refractivity contribution in [2.45, 2.75) is 11.7 Å². The highest BCUT2D eigenvalue weighted by Gasteiger charge is 2.32. The molecule has 1 saturated heterocycles. The van der Waals surface area contributed by atoms with Gasteiger partial charge in [-0.25, -0.2) is 0 Å². The molecular formula is C17H14N4O3S. The molecule has 126 valence electrons. The van der Waals surface area contributed by atoms with Gasteiger partial charge in [0, 0.05) is 18.1 Å². The Morgan fingerprint density at radius 1 is 1.16 bits per heavy atom. The normalized spacial score (nSPS) is 18.6. The lowest BCUT2D eigenvalue weighted by atomic mass is 10.1. The number of nitro groups is 1. The van der Waals surface area contributed by atoms with Gasteiger partial charge in [0.15, 0.2) is 5.17 Å². The fourth-order valence-corrected chi connectivity index (χ4v) is 3.29. The molecule has 1 aliphatic heterocycles. The van der Waals surface area contributed by atoms with Gasteiger partial charge in [0.05, 0.1) is 16.4 Å². The van der Waals surface area contributed by atoms with Crippen LogP contribution in [-0.4, -0.2) is 27.5 Å². The third-order valence-electron chi connectivity index (χ3n) is 3.53. The molecule has 8 heteroatoms. The van der Waals surface area contributed by atoms with E-state index in [1.54, 1.807) is 24.4 Å². The fraction of sp³-hybridized carbons (Fsp3) is 0.118. The molecule has 25 heavy (non-hydrogen) atoms. The van der Waals surface area contributed by atoms with Crippen LogP contribution in [0.2, 0.25) is 0 Å². The third kappa shape index (κ3) is 4.30. The summed E-state index contributed by atoms with van der Waals surface area (Å²) < 4.78 is 0. The number of rotatable bonds is 5. The van der Waals surface area contributed by atoms with Crippen molar-refractivity contribution in [2.24, 2.45) is 10.2 Å². The number of hydrogen-bond donors (Lipinski definition) is 1. The van der Waals surface area contributed by atoms with Crippen LogP contribution >= 0.6 is 11.8 Å². The average molecular weight is 354 g/mol. The second-order valence-corrected chi connectivity index (χ2v) is 6.44. The highest BCUT2D eigenvalue weighted by Crippen LogP contribution is 2.27. The molecule has 1 unspecified atom stereocenters. The minimum Gasteiger partial charge on any atom is -0.303 e. The van der Waals surface area contributed by atoms with Crippen LogP contribution < -0.4 is 5.32 Å². The predicted octanol–water partition coefficient (Wildman–Crippen LogP) is 2.76. The number of nitrogens with zero attached hydrogens (tertiary/aromatic N) is 3. The molecule has 1 heterocycles. The maximum Gasteiger partial charge on any atom is 0.272 e. The van der Waals surface area contributed by atoms with E-state index in [0.717, 1.165) is 5.56 Å². The highest BCUT2D eigenvalue weighted by molar-refractivity contribution is 8.15. The minimum atomic E-state index is -0.466. The Kier molecular flexibility index (Phi) is 5.20. The van der Waals surface area contributed by atoms with E-state index in [2.05, 4.69) is 15.5 Å². The second kappa shape index (κ2) is 7.71. The Morgan fingerprint density at radius 3 is 2.64 bits per heavy atom. The lowest BCUT2D eigenvalue weighted by Crippen LogP contribution is -2.26. The Labute approximate surface area is 148 Å². The van der Waals surface area contributed by atoms with E-state index < -0.39 is 10.2 Å². The maximum absolute atomic E-state index is 12.1. The van der Waals surface area contributed by atoms with E-state index in [1.165, 1.54) is 17.8 Å². The summed E-state index contributed by atoms with van der Waals surface area (Å²) in [6.45, 7) is 0. The lowest BCUT2D eigenvalue weighted by Gasteiger charge is -2.05. The molecule has 0 radical (unpaired) electrons. The quantitative estimate of drug-likeness (QED) is 0.507. The van der Waals surface area contributed by atoms with Crippen LogP contribution in [0.25, 0.3) is 0 Å². The number of amidine groups is 1. The smallest absolute Gasteiger partial charge is 0.272 e. The number of nitrogens with one attached hydrogen (secondary N) is 1. The van der Waals surface area contributed by atoms with Crippen LogP contribution in [-0.2, 0) is 11.2 Å². The van der Waals surface area contributed by atoms with Crippen molar-refractivity contribution >= 4 is 34.7 Å². The number of hydrogen-bond acceptors (Lipinski definition) is 6. The predicted molar refractivity (Wildman–Crippen MR) is 97.8 cm³/mol. The summed E-state index contributed by atoms with van der Waals surface area (Å²) in [5, 5.41) is 21.6. The zero-order valence-electron chi connectivity index (χ0n) is 13.0. The largest absolute Gasteiger partial charge is 0.303 e. The average Bonchev–Trinajstić information content (AvgIpc) is 2.96. The Balaban J connectivity index is 1.68. The molecule has 0 saturated carbocycles. The minimum absolute atomic E-state index is 0.0170. The van der Waals surface area contributed by atoms with Gasteiger partial charge >= 0.3 is 0 Å². The van der Waals surface area contributed by atoms with E-state index in [-0.39, 0.29) is 18.0 Å². The summed E-state index contributed by atoms with van der Waals surface area (Å²) in [5.41, 5.74) is 1.44. The topological polar surface area (TPSA) is 97.0 Å². The van der Waals surface area contributed by atoms with E-state index in [1.807, 2.05) is 30.3 Å². The summed E-state index contributed by atoms with van der Waals surface area (Å²) in [5.74, 6) is -0.225. The first-order chi connectivity index (χ1) is 12.1. The van der Waals surface area contributed by atoms with Crippen LogP contribution in [0.5, 0.6) is 0 Å². The number of nitro benzene ring substituents is 1. The highest BCUT2D eigenvalue weighted by atomic mass is 32.2. The monoisotopic (exact) mass is 354 g/mol. The van der Waals surface area contributed by atoms with Gasteiger partial charge in [-0.3, -0.25) is 14.9 Å². The molecule has 0 aromatic heterocycles. The standard InChI is InChI=1S/C17H14N4O3S/c22-16-15(10-13-8-4-5-9-14(13)21(23)24)25-17(19-16)20-18-11-12-6-2-1-3-7-12/h1-9,11,15H,10H2,(H,19,20,22)/b18-11-. The number of amides is 1. The molecule has 0 bridgehead atoms. The first-order valence-corrected chi connectivity index (χ1v) is 8.37. The molecule has 7 nitrogen and oxygen atoms in total. The van der Waals surface area contributed by atoms with Crippen molar-refractivity contribution in [1.82, 2.24) is 5.32 Å². The van der Waals surface area contributed by atoms with Crippen LogP contribution in [0.1, 0.15) is 11.1 Å². The van der Waals surface area contributed by atoms with Gasteiger partial charge in [-0.1, -0.05) is 60.3 Å². The van der Waals surface area contributed by atoms with Crippen molar-refractivity contribution in [2.75, 3.05) is 0 Å². The maximum atomic E-state index is 12.1. The third-order valence-corrected chi connectivity index (χ3v) is 4.60. The summed E-state index contributed by atoms with van der Waals surface area (Å²) in [7, 11) is 0. The number of carbonyl (C=O) groups is 1. The van der Waals surface area contributed by atoms with E-state index >= 15 is 0 Å². The molecule has 1 atom stereocenters. The van der Waals surface area contributed by atoms with E-state index in [0.29, 0.717) is 10.7 Å². The summed E-state index contributed by atoms with van der Waals surface area (Å²) in [4.78, 5) is 22.7. The zero-order valence-corrected chi connectivity index (χ0v) is 13.8. The first kappa shape index (κ1) is 16.8. The van der Waals surface area contributed by atoms with Gasteiger partial charge < -0.3 is 5.32 Å². The fourth-order valence-electron chi connectivity index (χ4n) is 2.33. The zero-order chi connectivity index (χ0) is 17.6. The van der Waals surface area contributed by atoms with E-state index in [9.17, 15) is 14.9 Å². The van der Waals surface area contributed by atoms with Crippen molar-refractivity contribution in [3.63, 3.8) is 0 Å². The van der Waals surface area contributed by atoms with Gasteiger partial charge in [0.1, 0.15) is 0 Å². The van der Waals surface area contributed by atoms with Gasteiger partial charge in [-0.2, -0.15) is 5.10 Å². The van der Waals surface area contributed by atoms with E-state index in [4.69, 9.17) is 0 Å². The molecule has 2 aromatic carbocycles. The molecule has 1 N–H and O–H groups in total. The molecule has 0 spiro atoms. The molecule has 1 amide bonds. The van der Waals surface area contributed by atoms with Crippen molar-refractivity contribution in [3.8, 4) is 0 Å². The molecule has 2 aromatic rings. The number of benzene rings is 2. The number of carbonyl (C=O) groups excluding carboxylic acids is 1. The number of thioether (sulfide) groups is 1. The molecule has 0 aliphatic carbocycles. The van der Waals surface area contributed by atoms with Crippen molar-refractivity contribution < 1.29 is 9.72 Å². The van der Waals surface area contributed by atoms with Gasteiger partial charge in [-0.15, -0.1) is 5.10 Å². The van der Waals surface area contributed by atoms with Crippen LogP contribution in [0, 0.1) is 10.1 Å². The van der Waals surface area contributed by atoms with Crippen molar-refractivity contribution in [3.05, 3.63) is 75.8 Å². The van der Waals surface area contributed by atoms with Gasteiger partial charge in [0.25, 0.3) is 5.69 Å². The Morgan fingerprint density at radius 2 is 1.88 bits per heavy atom. The lowest BCUT2D eigenvalue weighted by molar-refractivity contribution is -0.385. The molecule has 1 aliphatic rings. The van der Waals surface area contributed by atoms with Crippen LogP contribution in [0.3, 0.4) is 0 Å². The molecular weight excluding hydrogens is 340 g/mol. The Bertz CT molecular complexity index is 852. The summed E-state index contributed by atoms with van der Waals surface area (Å²) >= 11 is 1.22. The SMILES string of the molecule is O=C1N/C(=N\N=C/c2ccccc2)SC1Cc1ccccc1[N+](=O)[O-]. The Hall–Kier alpha value is -3.00. The molecule has 1 fully saturated rings. The first-order valence-electron chi connectivity index (χ1n) is 7.49. The van der Waals surface area contributed by atoms with Crippen LogP contribution in [0.4, 0.5) is 5.69 Å². The summed E-state index contributed by atoms with van der Waals surface area (Å²) in [6.07, 6.45) is 1.85. The number of para-hydroxylation sites is 1. The van der Waals surface area contributed by atoms with Crippen LogP contribution in [0.15, 0.2) is 64.8 Å². The second-order valence-electron chi connectivity index (χ2n) is 5.25. The summed E-state index contributed by atoms with van der Waals surface area (Å²) in [6, 6.07) is 15.9. The van der Waals surface area contributed by atoms with Gasteiger partial charge in [-0.05, 0) is 5.56 Å². The van der Waals surface area contributed by atoms with Gasteiger partial charge in [0.2, 0.25) is 5.91 Å².